The van der Waals surface area contributed by atoms with Crippen molar-refractivity contribution in [2.24, 2.45) is 0 Å². The summed E-state index contributed by atoms with van der Waals surface area (Å²) in [6, 6.07) is 14.8. The predicted octanol–water partition coefficient (Wildman–Crippen LogP) is 4.90. The molecule has 2 amide bonds. The van der Waals surface area contributed by atoms with Crippen molar-refractivity contribution in [3.05, 3.63) is 88.5 Å². The van der Waals surface area contributed by atoms with Crippen LogP contribution in [0.5, 0.6) is 0 Å². The predicted molar refractivity (Wildman–Crippen MR) is 100.0 cm³/mol. The van der Waals surface area contributed by atoms with E-state index in [4.69, 9.17) is 11.6 Å². The van der Waals surface area contributed by atoms with E-state index in [2.05, 4.69) is 4.98 Å². The first-order valence-corrected chi connectivity index (χ1v) is 8.73. The van der Waals surface area contributed by atoms with Crippen LogP contribution in [-0.2, 0) is 0 Å². The molecule has 2 heterocycles. The number of carbonyl (C=O) groups excluding carboxylic acids is 2. The summed E-state index contributed by atoms with van der Waals surface area (Å²) in [5.74, 6) is -1.08. The summed E-state index contributed by atoms with van der Waals surface area (Å²) >= 11 is 6.05. The summed E-state index contributed by atoms with van der Waals surface area (Å²) in [6.45, 7) is 1.80. The third-order valence-electron chi connectivity index (χ3n) is 4.72. The quantitative estimate of drug-likeness (QED) is 0.479. The molecule has 0 spiro atoms. The van der Waals surface area contributed by atoms with E-state index in [1.807, 2.05) is 0 Å². The number of rotatable bonds is 3. The number of aromatic nitrogens is 1. The Morgan fingerprint density at radius 2 is 1.56 bits per heavy atom. The first-order valence-electron chi connectivity index (χ1n) is 8.35. The first kappa shape index (κ1) is 17.4. The summed E-state index contributed by atoms with van der Waals surface area (Å²) in [4.78, 5) is 30.3. The molecule has 1 aliphatic rings. The van der Waals surface area contributed by atoms with Gasteiger partial charge in [-0.15, -0.1) is 0 Å². The fourth-order valence-corrected chi connectivity index (χ4v) is 3.49. The second-order valence-electron chi connectivity index (χ2n) is 6.32. The van der Waals surface area contributed by atoms with E-state index < -0.39 is 11.9 Å². The van der Waals surface area contributed by atoms with Gasteiger partial charge in [-0.1, -0.05) is 48.0 Å². The highest BCUT2D eigenvalue weighted by atomic mass is 35.5. The summed E-state index contributed by atoms with van der Waals surface area (Å²) in [7, 11) is 0. The van der Waals surface area contributed by atoms with Crippen LogP contribution in [0.2, 0.25) is 5.15 Å². The molecule has 0 unspecified atom stereocenters. The number of hydrogen-bond donors (Lipinski definition) is 0. The van der Waals surface area contributed by atoms with Crippen molar-refractivity contribution in [1.29, 1.82) is 0 Å². The van der Waals surface area contributed by atoms with Gasteiger partial charge in [-0.3, -0.25) is 14.5 Å². The normalized spacial score (nSPS) is 14.4. The Kier molecular flexibility index (Phi) is 4.24. The van der Waals surface area contributed by atoms with E-state index in [9.17, 15) is 14.0 Å². The third-order valence-corrected chi connectivity index (χ3v) is 5.02. The van der Waals surface area contributed by atoms with Crippen molar-refractivity contribution in [1.82, 2.24) is 9.88 Å². The van der Waals surface area contributed by atoms with Crippen molar-refractivity contribution >= 4 is 23.4 Å². The lowest BCUT2D eigenvalue weighted by atomic mass is 10.0. The molecular weight excluding hydrogens is 367 g/mol. The summed E-state index contributed by atoms with van der Waals surface area (Å²) in [5.41, 5.74) is 2.81. The van der Waals surface area contributed by atoms with Gasteiger partial charge in [-0.25, -0.2) is 9.37 Å². The topological polar surface area (TPSA) is 50.3 Å². The molecule has 6 heteroatoms. The molecule has 0 N–H and O–H groups in total. The number of pyridine rings is 1. The maximum atomic E-state index is 13.5. The van der Waals surface area contributed by atoms with Crippen LogP contribution >= 0.6 is 11.6 Å². The Morgan fingerprint density at radius 1 is 0.963 bits per heavy atom. The smallest absolute Gasteiger partial charge is 0.262 e. The number of fused-ring (bicyclic) bond motifs is 1. The molecule has 0 bridgehead atoms. The second-order valence-corrected chi connectivity index (χ2v) is 6.67. The van der Waals surface area contributed by atoms with Crippen molar-refractivity contribution in [2.45, 2.75) is 13.0 Å². The molecule has 1 aromatic heterocycles. The molecule has 1 atom stereocenters. The molecule has 4 rings (SSSR count). The average molecular weight is 381 g/mol. The monoisotopic (exact) mass is 380 g/mol. The highest BCUT2D eigenvalue weighted by Crippen LogP contribution is 2.33. The second kappa shape index (κ2) is 6.59. The van der Waals surface area contributed by atoms with Gasteiger partial charge in [-0.05, 0) is 36.2 Å². The Morgan fingerprint density at radius 3 is 2.15 bits per heavy atom. The van der Waals surface area contributed by atoms with Gasteiger partial charge in [0.1, 0.15) is 11.0 Å². The van der Waals surface area contributed by atoms with Crippen LogP contribution in [0.15, 0.2) is 60.8 Å². The fourth-order valence-electron chi connectivity index (χ4n) is 3.27. The van der Waals surface area contributed by atoms with Crippen LogP contribution < -0.4 is 0 Å². The first-order chi connectivity index (χ1) is 13.0. The van der Waals surface area contributed by atoms with Crippen LogP contribution in [0.1, 0.15) is 39.2 Å². The Bertz CT molecular complexity index is 1030. The largest absolute Gasteiger partial charge is 0.269 e. The lowest BCUT2D eigenvalue weighted by Gasteiger charge is -2.23. The Labute approximate surface area is 160 Å². The van der Waals surface area contributed by atoms with Gasteiger partial charge in [-0.2, -0.15) is 0 Å². The van der Waals surface area contributed by atoms with Crippen LogP contribution in [0.4, 0.5) is 4.39 Å². The molecule has 27 heavy (non-hydrogen) atoms. The maximum Gasteiger partial charge on any atom is 0.262 e. The van der Waals surface area contributed by atoms with Gasteiger partial charge in [0.05, 0.1) is 23.4 Å². The summed E-state index contributed by atoms with van der Waals surface area (Å²) in [6.07, 6.45) is 1.06. The standard InChI is InChI=1S/C21H14ClFN2O2/c1-12(25-20(26)16-4-2-3-5-17(16)21(25)27)13-6-8-14(9-7-13)18-10-15(23)11-24-19(18)22/h2-12H,1H3/t12-/m1/s1. The molecule has 2 aromatic carbocycles. The molecule has 0 saturated carbocycles. The molecule has 134 valence electrons. The number of amides is 2. The van der Waals surface area contributed by atoms with Crippen LogP contribution in [0.3, 0.4) is 0 Å². The zero-order valence-electron chi connectivity index (χ0n) is 14.3. The van der Waals surface area contributed by atoms with Crippen molar-refractivity contribution in [2.75, 3.05) is 0 Å². The lowest BCUT2D eigenvalue weighted by Crippen LogP contribution is -2.32. The highest BCUT2D eigenvalue weighted by molar-refractivity contribution is 6.32. The molecule has 1 aliphatic heterocycles. The number of halogens is 2. The van der Waals surface area contributed by atoms with Crippen LogP contribution in [0.25, 0.3) is 11.1 Å². The van der Waals surface area contributed by atoms with Gasteiger partial charge >= 0.3 is 0 Å². The SMILES string of the molecule is C[C@H](c1ccc(-c2cc(F)cnc2Cl)cc1)N1C(=O)c2ccccc2C1=O. The van der Waals surface area contributed by atoms with Crippen LogP contribution in [-0.4, -0.2) is 21.7 Å². The molecule has 0 radical (unpaired) electrons. The summed E-state index contributed by atoms with van der Waals surface area (Å²) < 4.78 is 13.5. The van der Waals surface area contributed by atoms with Gasteiger partial charge in [0.25, 0.3) is 11.8 Å². The van der Waals surface area contributed by atoms with Crippen molar-refractivity contribution < 1.29 is 14.0 Å². The van der Waals surface area contributed by atoms with E-state index in [0.29, 0.717) is 22.3 Å². The van der Waals surface area contributed by atoms with Crippen molar-refractivity contribution in [3.8, 4) is 11.1 Å². The molecule has 0 fully saturated rings. The van der Waals surface area contributed by atoms with Gasteiger partial charge in [0, 0.05) is 5.56 Å². The summed E-state index contributed by atoms with van der Waals surface area (Å²) in [5, 5.41) is 0.206. The fraction of sp³-hybridized carbons (Fsp3) is 0.0952. The van der Waals surface area contributed by atoms with Gasteiger partial charge in [0.15, 0.2) is 0 Å². The highest BCUT2D eigenvalue weighted by Gasteiger charge is 2.38. The lowest BCUT2D eigenvalue weighted by molar-refractivity contribution is 0.0595. The zero-order chi connectivity index (χ0) is 19.1. The Hall–Kier alpha value is -3.05. The minimum Gasteiger partial charge on any atom is -0.269 e. The maximum absolute atomic E-state index is 13.5. The Balaban J connectivity index is 1.64. The number of imide groups is 1. The third kappa shape index (κ3) is 2.90. The molecule has 0 saturated heterocycles. The van der Waals surface area contributed by atoms with E-state index >= 15 is 0 Å². The minimum absolute atomic E-state index is 0.206. The number of hydrogen-bond acceptors (Lipinski definition) is 3. The van der Waals surface area contributed by atoms with E-state index in [0.717, 1.165) is 11.8 Å². The van der Waals surface area contributed by atoms with Crippen molar-refractivity contribution in [3.63, 3.8) is 0 Å². The molecule has 3 aromatic rings. The van der Waals surface area contributed by atoms with Gasteiger partial charge in [0.2, 0.25) is 0 Å². The molecule has 0 aliphatic carbocycles. The van der Waals surface area contributed by atoms with Crippen LogP contribution in [0, 0.1) is 5.82 Å². The van der Waals surface area contributed by atoms with Gasteiger partial charge < -0.3 is 0 Å². The van der Waals surface area contributed by atoms with E-state index in [1.54, 1.807) is 55.5 Å². The zero-order valence-corrected chi connectivity index (χ0v) is 15.1. The average Bonchev–Trinajstić information content (AvgIpc) is 2.94. The number of benzene rings is 2. The molecule has 4 nitrogen and oxygen atoms in total. The molecular formula is C21H14ClFN2O2. The number of nitrogens with zero attached hydrogens (tertiary/aromatic N) is 2. The van der Waals surface area contributed by atoms with E-state index in [1.165, 1.54) is 11.0 Å². The number of carbonyl (C=O) groups is 2. The minimum atomic E-state index is -0.474. The van der Waals surface area contributed by atoms with E-state index in [-0.39, 0.29) is 17.0 Å².